The molecule has 8 nitrogen and oxygen atoms in total. The minimum Gasteiger partial charge on any atom is -0.327 e. The molecule has 2 heterocycles. The summed E-state index contributed by atoms with van der Waals surface area (Å²) in [6.45, 7) is 3.95. The molecule has 31 heavy (non-hydrogen) atoms. The molecule has 1 aromatic carbocycles. The molecule has 0 unspecified atom stereocenters. The highest BCUT2D eigenvalue weighted by Gasteiger charge is 2.26. The Bertz CT molecular complexity index is 1140. The second-order valence-electron chi connectivity index (χ2n) is 7.54. The lowest BCUT2D eigenvalue weighted by molar-refractivity contribution is -0.113. The number of hydrogen-bond acceptors (Lipinski definition) is 6. The van der Waals surface area contributed by atoms with Gasteiger partial charge in [0.1, 0.15) is 11.9 Å². The van der Waals surface area contributed by atoms with Gasteiger partial charge in [0, 0.05) is 16.8 Å². The molecule has 1 amide bonds. The van der Waals surface area contributed by atoms with E-state index in [0.717, 1.165) is 29.8 Å². The van der Waals surface area contributed by atoms with Gasteiger partial charge in [0.25, 0.3) is 0 Å². The van der Waals surface area contributed by atoms with Gasteiger partial charge < -0.3 is 9.88 Å². The Labute approximate surface area is 189 Å². The predicted octanol–water partition coefficient (Wildman–Crippen LogP) is 4.45. The number of tetrazole rings is 1. The largest absolute Gasteiger partial charge is 0.327 e. The lowest BCUT2D eigenvalue weighted by Crippen LogP contribution is -2.20. The smallest absolute Gasteiger partial charge is 0.235 e. The van der Waals surface area contributed by atoms with E-state index in [1.54, 1.807) is 16.8 Å². The van der Waals surface area contributed by atoms with Crippen molar-refractivity contribution in [1.82, 2.24) is 24.8 Å². The van der Waals surface area contributed by atoms with E-state index in [1.807, 2.05) is 26.0 Å². The number of aromatic nitrogens is 5. The quantitative estimate of drug-likeness (QED) is 0.551. The first-order chi connectivity index (χ1) is 15.0. The van der Waals surface area contributed by atoms with Gasteiger partial charge in [-0.15, -0.1) is 5.10 Å². The molecule has 0 spiro atoms. The Morgan fingerprint density at radius 3 is 2.68 bits per heavy atom. The molecule has 0 saturated heterocycles. The van der Waals surface area contributed by atoms with E-state index >= 15 is 0 Å². The van der Waals surface area contributed by atoms with Crippen LogP contribution in [0.25, 0.3) is 5.69 Å². The molecule has 0 atom stereocenters. The second kappa shape index (κ2) is 9.12. The summed E-state index contributed by atoms with van der Waals surface area (Å²) in [5, 5.41) is 25.5. The zero-order valence-electron chi connectivity index (χ0n) is 17.3. The van der Waals surface area contributed by atoms with Gasteiger partial charge in [-0.2, -0.15) is 9.94 Å². The molecule has 160 valence electrons. The highest BCUT2D eigenvalue weighted by atomic mass is 35.5. The van der Waals surface area contributed by atoms with Crippen molar-refractivity contribution in [1.29, 1.82) is 5.26 Å². The molecule has 0 radical (unpaired) electrons. The Morgan fingerprint density at radius 2 is 2.00 bits per heavy atom. The molecule has 0 bridgehead atoms. The summed E-state index contributed by atoms with van der Waals surface area (Å²) in [5.41, 5.74) is 3.25. The van der Waals surface area contributed by atoms with Crippen molar-refractivity contribution >= 4 is 35.1 Å². The van der Waals surface area contributed by atoms with Crippen LogP contribution < -0.4 is 5.32 Å². The number of amides is 1. The molecule has 1 aliphatic carbocycles. The van der Waals surface area contributed by atoms with Crippen LogP contribution in [0.5, 0.6) is 0 Å². The van der Waals surface area contributed by atoms with Gasteiger partial charge in [-0.25, -0.2) is 0 Å². The Kier molecular flexibility index (Phi) is 6.30. The van der Waals surface area contributed by atoms with Crippen molar-refractivity contribution in [2.45, 2.75) is 50.7 Å². The number of thioether (sulfide) groups is 1. The zero-order valence-corrected chi connectivity index (χ0v) is 18.9. The van der Waals surface area contributed by atoms with Crippen LogP contribution in [0.2, 0.25) is 5.02 Å². The topological polar surface area (TPSA) is 101 Å². The zero-order chi connectivity index (χ0) is 22.0. The summed E-state index contributed by atoms with van der Waals surface area (Å²) in [4.78, 5) is 12.8. The average molecular weight is 456 g/mol. The molecule has 2 aromatic heterocycles. The molecule has 0 aliphatic heterocycles. The van der Waals surface area contributed by atoms with E-state index < -0.39 is 0 Å². The molecule has 1 saturated carbocycles. The van der Waals surface area contributed by atoms with Crippen molar-refractivity contribution in [2.24, 2.45) is 0 Å². The van der Waals surface area contributed by atoms with E-state index in [1.165, 1.54) is 24.6 Å². The number of anilines is 1. The van der Waals surface area contributed by atoms with Crippen LogP contribution in [0.15, 0.2) is 29.4 Å². The first-order valence-electron chi connectivity index (χ1n) is 10.1. The minimum atomic E-state index is -0.205. The van der Waals surface area contributed by atoms with Crippen LogP contribution in [0.3, 0.4) is 0 Å². The fraction of sp³-hybridized carbons (Fsp3) is 0.381. The summed E-state index contributed by atoms with van der Waals surface area (Å²) in [7, 11) is 0. The highest BCUT2D eigenvalue weighted by molar-refractivity contribution is 7.99. The average Bonchev–Trinajstić information content (AvgIpc) is 3.49. The molecular weight excluding hydrogens is 434 g/mol. The van der Waals surface area contributed by atoms with Crippen LogP contribution in [0, 0.1) is 25.2 Å². The molecule has 3 aromatic rings. The molecule has 1 fully saturated rings. The first-order valence-corrected chi connectivity index (χ1v) is 11.4. The number of halogens is 1. The number of hydrogen-bond donors (Lipinski definition) is 1. The molecule has 10 heteroatoms. The van der Waals surface area contributed by atoms with Crippen LogP contribution in [-0.4, -0.2) is 36.4 Å². The van der Waals surface area contributed by atoms with Gasteiger partial charge >= 0.3 is 0 Å². The first kappa shape index (κ1) is 21.4. The van der Waals surface area contributed by atoms with Gasteiger partial charge in [0.2, 0.25) is 11.1 Å². The van der Waals surface area contributed by atoms with Gasteiger partial charge in [0.05, 0.1) is 17.0 Å². The van der Waals surface area contributed by atoms with Crippen molar-refractivity contribution in [3.63, 3.8) is 0 Å². The highest BCUT2D eigenvalue weighted by Crippen LogP contribution is 2.37. The maximum Gasteiger partial charge on any atom is 0.235 e. The number of benzene rings is 1. The normalized spacial score (nSPS) is 14.0. The van der Waals surface area contributed by atoms with Gasteiger partial charge in [-0.05, 0) is 66.9 Å². The molecular formula is C21H22ClN7OS. The summed E-state index contributed by atoms with van der Waals surface area (Å²) in [6, 6.07) is 9.71. The third-order valence-corrected chi connectivity index (χ3v) is 6.83. The lowest BCUT2D eigenvalue weighted by Gasteiger charge is -2.19. The standard InChI is InChI=1S/C21H22ClN7OS/c1-13-14(2)28(16-5-3-4-6-16)20(18(13)11-23)24-19(30)12-31-21-25-26-27-29(21)17-9-7-15(22)8-10-17/h7-10,16H,3-6,12H2,1-2H3,(H,24,30). The van der Waals surface area contributed by atoms with E-state index in [-0.39, 0.29) is 11.7 Å². The number of carbonyl (C=O) groups is 1. The lowest BCUT2D eigenvalue weighted by atomic mass is 10.2. The Hall–Kier alpha value is -2.83. The van der Waals surface area contributed by atoms with Crippen molar-refractivity contribution < 1.29 is 4.79 Å². The van der Waals surface area contributed by atoms with Gasteiger partial charge in [-0.1, -0.05) is 36.2 Å². The third-order valence-electron chi connectivity index (χ3n) is 5.66. The summed E-state index contributed by atoms with van der Waals surface area (Å²) < 4.78 is 3.70. The predicted molar refractivity (Wildman–Crippen MR) is 120 cm³/mol. The molecule has 1 N–H and O–H groups in total. The van der Waals surface area contributed by atoms with E-state index in [9.17, 15) is 10.1 Å². The Balaban J connectivity index is 1.51. The molecule has 1 aliphatic rings. The number of rotatable bonds is 6. The fourth-order valence-electron chi connectivity index (χ4n) is 4.02. The second-order valence-corrected chi connectivity index (χ2v) is 8.92. The fourth-order valence-corrected chi connectivity index (χ4v) is 4.83. The summed E-state index contributed by atoms with van der Waals surface area (Å²) in [6.07, 6.45) is 4.46. The number of nitrogens with zero attached hydrogens (tertiary/aromatic N) is 6. The number of nitrogens with one attached hydrogen (secondary N) is 1. The van der Waals surface area contributed by atoms with Crippen LogP contribution >= 0.6 is 23.4 Å². The van der Waals surface area contributed by atoms with Crippen molar-refractivity contribution in [2.75, 3.05) is 11.1 Å². The third kappa shape index (κ3) is 4.31. The number of nitriles is 1. The summed E-state index contributed by atoms with van der Waals surface area (Å²) in [5.74, 6) is 0.517. The van der Waals surface area contributed by atoms with Crippen LogP contribution in [0.1, 0.15) is 48.5 Å². The van der Waals surface area contributed by atoms with E-state index in [0.29, 0.717) is 27.6 Å². The van der Waals surface area contributed by atoms with Gasteiger partial charge in [-0.3, -0.25) is 4.79 Å². The van der Waals surface area contributed by atoms with Crippen LogP contribution in [0.4, 0.5) is 5.82 Å². The van der Waals surface area contributed by atoms with Crippen LogP contribution in [-0.2, 0) is 4.79 Å². The van der Waals surface area contributed by atoms with E-state index in [2.05, 4.69) is 31.5 Å². The number of carbonyl (C=O) groups excluding carboxylic acids is 1. The SMILES string of the molecule is Cc1c(C#N)c(NC(=O)CSc2nnnn2-c2ccc(Cl)cc2)n(C2CCCC2)c1C. The van der Waals surface area contributed by atoms with Crippen molar-refractivity contribution in [3.8, 4) is 11.8 Å². The minimum absolute atomic E-state index is 0.118. The summed E-state index contributed by atoms with van der Waals surface area (Å²) >= 11 is 7.18. The van der Waals surface area contributed by atoms with Gasteiger partial charge in [0.15, 0.2) is 0 Å². The molecule has 4 rings (SSSR count). The maximum atomic E-state index is 12.8. The monoisotopic (exact) mass is 455 g/mol. The van der Waals surface area contributed by atoms with E-state index in [4.69, 9.17) is 11.6 Å². The maximum absolute atomic E-state index is 12.8. The Morgan fingerprint density at radius 1 is 1.29 bits per heavy atom. The van der Waals surface area contributed by atoms with Crippen molar-refractivity contribution in [3.05, 3.63) is 46.1 Å².